The topological polar surface area (TPSA) is 96.8 Å². The molecule has 2 heterocycles. The first-order valence-electron chi connectivity index (χ1n) is 11.6. The Morgan fingerprint density at radius 2 is 1.92 bits per heavy atom. The van der Waals surface area contributed by atoms with Gasteiger partial charge >= 0.3 is 11.9 Å². The highest BCUT2D eigenvalue weighted by molar-refractivity contribution is 7.17. The lowest BCUT2D eigenvalue weighted by Crippen LogP contribution is -2.29. The molecule has 37 heavy (non-hydrogen) atoms. The Hall–Kier alpha value is -4.11. The predicted octanol–water partition coefficient (Wildman–Crippen LogP) is 5.43. The van der Waals surface area contributed by atoms with Crippen molar-refractivity contribution < 1.29 is 28.6 Å². The molecule has 9 heteroatoms. The Morgan fingerprint density at radius 3 is 2.54 bits per heavy atom. The van der Waals surface area contributed by atoms with Gasteiger partial charge < -0.3 is 9.84 Å². The molecule has 4 rings (SSSR count). The van der Waals surface area contributed by atoms with Crippen LogP contribution in [0.2, 0.25) is 0 Å². The molecule has 190 valence electrons. The SMILES string of the molecule is C=CCOC(=O)c1sc(N2C(=O)C(=O)C(=C(O)c3ccc(C)c(F)c3)[C@@H]2c2ccc(CC)cc2)nc1C. The van der Waals surface area contributed by atoms with Crippen molar-refractivity contribution in [3.8, 4) is 0 Å². The van der Waals surface area contributed by atoms with Crippen LogP contribution in [0.3, 0.4) is 0 Å². The van der Waals surface area contributed by atoms with E-state index in [9.17, 15) is 23.9 Å². The predicted molar refractivity (Wildman–Crippen MR) is 139 cm³/mol. The van der Waals surface area contributed by atoms with Gasteiger partial charge in [-0.15, -0.1) is 0 Å². The van der Waals surface area contributed by atoms with Gasteiger partial charge in [-0.1, -0.05) is 67.3 Å². The van der Waals surface area contributed by atoms with Crippen molar-refractivity contribution in [3.63, 3.8) is 0 Å². The van der Waals surface area contributed by atoms with E-state index in [1.165, 1.54) is 23.1 Å². The highest BCUT2D eigenvalue weighted by atomic mass is 32.1. The molecule has 1 aliphatic heterocycles. The number of halogens is 1. The number of hydrogen-bond acceptors (Lipinski definition) is 7. The molecule has 0 bridgehead atoms. The number of amides is 1. The number of aliphatic hydroxyl groups excluding tert-OH is 1. The van der Waals surface area contributed by atoms with Crippen LogP contribution in [-0.4, -0.2) is 34.4 Å². The second-order valence-electron chi connectivity index (χ2n) is 8.53. The molecule has 1 saturated heterocycles. The molecule has 0 aliphatic carbocycles. The molecular formula is C28H25FN2O5S. The van der Waals surface area contributed by atoms with Crippen molar-refractivity contribution in [2.45, 2.75) is 33.2 Å². The maximum atomic E-state index is 14.3. The standard InChI is InChI=1S/C28H25FN2O5S/c1-5-13-36-27(35)25-16(4)30-28(37-25)31-22(18-11-8-17(6-2)9-12-18)21(24(33)26(31)34)23(32)19-10-7-15(3)20(29)14-19/h5,7-12,14,22,32H,1,6,13H2,2-4H3/t22-/m0/s1. The summed E-state index contributed by atoms with van der Waals surface area (Å²) >= 11 is 0.910. The third kappa shape index (κ3) is 4.82. The van der Waals surface area contributed by atoms with Gasteiger partial charge in [-0.05, 0) is 43.0 Å². The molecule has 0 spiro atoms. The molecule has 0 unspecified atom stereocenters. The molecule has 2 aromatic carbocycles. The molecule has 1 amide bonds. The lowest BCUT2D eigenvalue weighted by molar-refractivity contribution is -0.132. The Kier molecular flexibility index (Phi) is 7.35. The number of rotatable bonds is 7. The van der Waals surface area contributed by atoms with E-state index in [4.69, 9.17) is 4.74 Å². The van der Waals surface area contributed by atoms with Crippen molar-refractivity contribution in [2.24, 2.45) is 0 Å². The van der Waals surface area contributed by atoms with Crippen molar-refractivity contribution in [1.29, 1.82) is 0 Å². The minimum Gasteiger partial charge on any atom is -0.507 e. The number of aliphatic hydroxyl groups is 1. The van der Waals surface area contributed by atoms with Gasteiger partial charge in [0, 0.05) is 5.56 Å². The van der Waals surface area contributed by atoms with Crippen LogP contribution in [0.5, 0.6) is 0 Å². The van der Waals surface area contributed by atoms with Crippen molar-refractivity contribution in [1.82, 2.24) is 4.98 Å². The summed E-state index contributed by atoms with van der Waals surface area (Å²) in [5, 5.41) is 11.3. The second-order valence-corrected chi connectivity index (χ2v) is 9.50. The van der Waals surface area contributed by atoms with Crippen molar-refractivity contribution in [2.75, 3.05) is 11.5 Å². The Bertz CT molecular complexity index is 1440. The third-order valence-corrected chi connectivity index (χ3v) is 7.24. The van der Waals surface area contributed by atoms with Crippen LogP contribution < -0.4 is 4.90 Å². The lowest BCUT2D eigenvalue weighted by atomic mass is 9.94. The highest BCUT2D eigenvalue weighted by Gasteiger charge is 2.48. The summed E-state index contributed by atoms with van der Waals surface area (Å²) in [6.07, 6.45) is 2.21. The quantitative estimate of drug-likeness (QED) is 0.147. The number of ether oxygens (including phenoxy) is 1. The molecule has 0 saturated carbocycles. The summed E-state index contributed by atoms with van der Waals surface area (Å²) < 4.78 is 19.4. The van der Waals surface area contributed by atoms with E-state index in [0.29, 0.717) is 16.8 Å². The van der Waals surface area contributed by atoms with E-state index in [0.717, 1.165) is 29.4 Å². The smallest absolute Gasteiger partial charge is 0.350 e. The normalized spacial score (nSPS) is 16.8. The maximum Gasteiger partial charge on any atom is 0.350 e. The van der Waals surface area contributed by atoms with Gasteiger partial charge in [0.25, 0.3) is 5.78 Å². The number of aryl methyl sites for hydroxylation is 3. The van der Waals surface area contributed by atoms with Gasteiger partial charge in [0.2, 0.25) is 0 Å². The molecule has 1 aliphatic rings. The van der Waals surface area contributed by atoms with Crippen LogP contribution >= 0.6 is 11.3 Å². The van der Waals surface area contributed by atoms with Crippen LogP contribution in [0.15, 0.2) is 60.7 Å². The minimum absolute atomic E-state index is 0.00685. The maximum absolute atomic E-state index is 14.3. The Labute approximate surface area is 217 Å². The fourth-order valence-electron chi connectivity index (χ4n) is 4.05. The van der Waals surface area contributed by atoms with Gasteiger partial charge in [-0.2, -0.15) is 0 Å². The molecule has 1 atom stereocenters. The van der Waals surface area contributed by atoms with Crippen molar-refractivity contribution in [3.05, 3.63) is 99.3 Å². The number of ketones is 1. The molecule has 0 radical (unpaired) electrons. The number of nitrogens with zero attached hydrogens (tertiary/aromatic N) is 2. The number of thiazole rings is 1. The number of anilines is 1. The summed E-state index contributed by atoms with van der Waals surface area (Å²) in [5.41, 5.74) is 2.17. The number of carbonyl (C=O) groups is 3. The first kappa shape index (κ1) is 26.0. The number of Topliss-reactive ketones (excluding diaryl/α,β-unsaturated/α-hetero) is 1. The lowest BCUT2D eigenvalue weighted by Gasteiger charge is -2.23. The monoisotopic (exact) mass is 520 g/mol. The largest absolute Gasteiger partial charge is 0.507 e. The van der Waals surface area contributed by atoms with Gasteiger partial charge in [0.1, 0.15) is 23.1 Å². The summed E-state index contributed by atoms with van der Waals surface area (Å²) in [7, 11) is 0. The molecule has 1 aromatic heterocycles. The molecular weight excluding hydrogens is 495 g/mol. The van der Waals surface area contributed by atoms with Gasteiger partial charge in [0.15, 0.2) is 5.13 Å². The first-order valence-corrected chi connectivity index (χ1v) is 12.4. The Balaban J connectivity index is 1.89. The average molecular weight is 521 g/mol. The summed E-state index contributed by atoms with van der Waals surface area (Å²) in [5.74, 6) is -3.54. The number of aromatic nitrogens is 1. The summed E-state index contributed by atoms with van der Waals surface area (Å²) in [4.78, 5) is 44.9. The molecule has 1 fully saturated rings. The van der Waals surface area contributed by atoms with E-state index >= 15 is 0 Å². The fraction of sp³-hybridized carbons (Fsp3) is 0.214. The second kappa shape index (κ2) is 10.5. The molecule has 1 N–H and O–H groups in total. The molecule has 3 aromatic rings. The van der Waals surface area contributed by atoms with E-state index in [2.05, 4.69) is 11.6 Å². The average Bonchev–Trinajstić information content (AvgIpc) is 3.40. The zero-order valence-corrected chi connectivity index (χ0v) is 21.4. The number of hydrogen-bond donors (Lipinski definition) is 1. The number of benzene rings is 2. The van der Waals surface area contributed by atoms with Gasteiger partial charge in [-0.3, -0.25) is 14.5 Å². The fourth-order valence-corrected chi connectivity index (χ4v) is 5.04. The van der Waals surface area contributed by atoms with E-state index in [-0.39, 0.29) is 27.8 Å². The van der Waals surface area contributed by atoms with Crippen LogP contribution in [0.25, 0.3) is 5.76 Å². The Morgan fingerprint density at radius 1 is 1.22 bits per heavy atom. The van der Waals surface area contributed by atoms with E-state index in [1.54, 1.807) is 26.0 Å². The zero-order chi connectivity index (χ0) is 26.9. The van der Waals surface area contributed by atoms with Crippen LogP contribution in [0, 0.1) is 19.7 Å². The summed E-state index contributed by atoms with van der Waals surface area (Å²) in [6.45, 7) is 8.70. The van der Waals surface area contributed by atoms with Gasteiger partial charge in [-0.25, -0.2) is 14.2 Å². The van der Waals surface area contributed by atoms with E-state index < -0.39 is 35.3 Å². The zero-order valence-electron chi connectivity index (χ0n) is 20.6. The molecule has 7 nitrogen and oxygen atoms in total. The van der Waals surface area contributed by atoms with E-state index in [1.807, 2.05) is 19.1 Å². The van der Waals surface area contributed by atoms with Crippen LogP contribution in [-0.2, 0) is 20.7 Å². The number of carbonyl (C=O) groups excluding carboxylic acids is 3. The summed E-state index contributed by atoms with van der Waals surface area (Å²) in [6, 6.07) is 10.3. The third-order valence-electron chi connectivity index (χ3n) is 6.10. The van der Waals surface area contributed by atoms with Crippen LogP contribution in [0.1, 0.15) is 50.6 Å². The van der Waals surface area contributed by atoms with Crippen molar-refractivity contribution >= 4 is 39.9 Å². The first-order chi connectivity index (χ1) is 17.7. The van der Waals surface area contributed by atoms with Gasteiger partial charge in [0.05, 0.1) is 17.3 Å². The minimum atomic E-state index is -1.04. The van der Waals surface area contributed by atoms with Crippen LogP contribution in [0.4, 0.5) is 9.52 Å². The number of esters is 1. The highest BCUT2D eigenvalue weighted by Crippen LogP contribution is 2.44.